The minimum absolute atomic E-state index is 0.154. The molecule has 1 aromatic rings. The second-order valence-electron chi connectivity index (χ2n) is 4.25. The molecule has 0 spiro atoms. The Balaban J connectivity index is 2.73. The molecule has 0 unspecified atom stereocenters. The van der Waals surface area contributed by atoms with Gasteiger partial charge >= 0.3 is 5.97 Å². The predicted octanol–water partition coefficient (Wildman–Crippen LogP) is 1.29. The molecule has 1 amide bonds. The fraction of sp³-hybridized carbons (Fsp3) is 0.357. The number of aromatic nitrogens is 1. The number of carbonyl (C=O) groups excluding carboxylic acids is 1. The van der Waals surface area contributed by atoms with Crippen LogP contribution < -0.4 is 0 Å². The first-order valence-corrected chi connectivity index (χ1v) is 6.15. The fourth-order valence-corrected chi connectivity index (χ4v) is 1.60. The molecule has 0 aliphatic carbocycles. The number of carboxylic acid groups (broad SMARTS) is 1. The van der Waals surface area contributed by atoms with Crippen molar-refractivity contribution in [1.82, 2.24) is 9.88 Å². The fourth-order valence-electron chi connectivity index (χ4n) is 1.60. The van der Waals surface area contributed by atoms with E-state index in [9.17, 15) is 9.59 Å². The molecule has 1 aromatic heterocycles. The summed E-state index contributed by atoms with van der Waals surface area (Å²) in [5, 5.41) is 8.57. The zero-order chi connectivity index (χ0) is 15.0. The molecule has 0 saturated heterocycles. The lowest BCUT2D eigenvalue weighted by molar-refractivity contribution is -0.131. The molecular formula is C14H18N2O4. The van der Waals surface area contributed by atoms with Crippen LogP contribution in [0.25, 0.3) is 6.08 Å². The number of hydrogen-bond acceptors (Lipinski definition) is 4. The molecule has 0 aliphatic heterocycles. The van der Waals surface area contributed by atoms with Crippen LogP contribution in [0.4, 0.5) is 0 Å². The van der Waals surface area contributed by atoms with Gasteiger partial charge in [0.1, 0.15) is 0 Å². The Morgan fingerprint density at radius 1 is 1.45 bits per heavy atom. The summed E-state index contributed by atoms with van der Waals surface area (Å²) in [6.45, 7) is 1.18. The second kappa shape index (κ2) is 8.06. The largest absolute Gasteiger partial charge is 0.478 e. The van der Waals surface area contributed by atoms with Crippen LogP contribution in [0.2, 0.25) is 0 Å². The van der Waals surface area contributed by atoms with Crippen LogP contribution in [0.3, 0.4) is 0 Å². The van der Waals surface area contributed by atoms with E-state index in [0.29, 0.717) is 24.3 Å². The second-order valence-corrected chi connectivity index (χ2v) is 4.25. The van der Waals surface area contributed by atoms with Crippen molar-refractivity contribution in [3.05, 3.63) is 35.7 Å². The molecule has 1 heterocycles. The van der Waals surface area contributed by atoms with Crippen LogP contribution in [0, 0.1) is 0 Å². The van der Waals surface area contributed by atoms with Crippen molar-refractivity contribution in [1.29, 1.82) is 0 Å². The summed E-state index contributed by atoms with van der Waals surface area (Å²) in [5.41, 5.74) is 1.00. The highest BCUT2D eigenvalue weighted by Crippen LogP contribution is 2.08. The van der Waals surface area contributed by atoms with Gasteiger partial charge in [0.15, 0.2) is 0 Å². The Bertz CT molecular complexity index is 500. The third-order valence-electron chi connectivity index (χ3n) is 2.61. The van der Waals surface area contributed by atoms with Gasteiger partial charge in [-0.25, -0.2) is 4.79 Å². The predicted molar refractivity (Wildman–Crippen MR) is 74.4 cm³/mol. The van der Waals surface area contributed by atoms with Crippen LogP contribution in [-0.2, 0) is 9.53 Å². The SMILES string of the molecule is COCCCN(C)C(=O)c1cncc(C=CC(=O)O)c1. The van der Waals surface area contributed by atoms with Gasteiger partial charge in [0, 0.05) is 45.8 Å². The molecule has 20 heavy (non-hydrogen) atoms. The van der Waals surface area contributed by atoms with Gasteiger partial charge < -0.3 is 14.7 Å². The first-order valence-electron chi connectivity index (χ1n) is 6.15. The maximum absolute atomic E-state index is 12.1. The van der Waals surface area contributed by atoms with E-state index >= 15 is 0 Å². The molecule has 1 rings (SSSR count). The molecule has 0 aliphatic rings. The van der Waals surface area contributed by atoms with E-state index in [4.69, 9.17) is 9.84 Å². The average molecular weight is 278 g/mol. The van der Waals surface area contributed by atoms with Crippen LogP contribution in [0.15, 0.2) is 24.5 Å². The molecule has 0 saturated carbocycles. The van der Waals surface area contributed by atoms with E-state index in [0.717, 1.165) is 12.5 Å². The lowest BCUT2D eigenvalue weighted by Gasteiger charge is -2.16. The molecule has 0 radical (unpaired) electrons. The minimum Gasteiger partial charge on any atom is -0.478 e. The van der Waals surface area contributed by atoms with E-state index < -0.39 is 5.97 Å². The molecule has 6 heteroatoms. The lowest BCUT2D eigenvalue weighted by Crippen LogP contribution is -2.28. The molecule has 1 N–H and O–H groups in total. The third-order valence-corrected chi connectivity index (χ3v) is 2.61. The minimum atomic E-state index is -1.04. The van der Waals surface area contributed by atoms with Crippen molar-refractivity contribution in [2.24, 2.45) is 0 Å². The van der Waals surface area contributed by atoms with Gasteiger partial charge in [0.05, 0.1) is 5.56 Å². The van der Waals surface area contributed by atoms with Crippen LogP contribution >= 0.6 is 0 Å². The zero-order valence-corrected chi connectivity index (χ0v) is 11.6. The average Bonchev–Trinajstić information content (AvgIpc) is 2.44. The van der Waals surface area contributed by atoms with Crippen molar-refractivity contribution in [3.8, 4) is 0 Å². The Hall–Kier alpha value is -2.21. The molecule has 108 valence electrons. The van der Waals surface area contributed by atoms with Crippen molar-refractivity contribution >= 4 is 18.0 Å². The van der Waals surface area contributed by atoms with Crippen LogP contribution in [0.1, 0.15) is 22.3 Å². The van der Waals surface area contributed by atoms with Crippen molar-refractivity contribution in [2.75, 3.05) is 27.3 Å². The quantitative estimate of drug-likeness (QED) is 0.600. The molecule has 0 fully saturated rings. The van der Waals surface area contributed by atoms with Gasteiger partial charge in [-0.2, -0.15) is 0 Å². The molecule has 0 bridgehead atoms. The molecular weight excluding hydrogens is 260 g/mol. The van der Waals surface area contributed by atoms with E-state index in [-0.39, 0.29) is 5.91 Å². The highest BCUT2D eigenvalue weighted by molar-refractivity contribution is 5.94. The van der Waals surface area contributed by atoms with E-state index in [1.54, 1.807) is 25.1 Å². The highest BCUT2D eigenvalue weighted by atomic mass is 16.5. The van der Waals surface area contributed by atoms with Crippen LogP contribution in [-0.4, -0.2) is 54.2 Å². The number of hydrogen-bond donors (Lipinski definition) is 1. The number of pyridine rings is 1. The Morgan fingerprint density at radius 2 is 2.20 bits per heavy atom. The van der Waals surface area contributed by atoms with Gasteiger partial charge in [-0.1, -0.05) is 0 Å². The monoisotopic (exact) mass is 278 g/mol. The van der Waals surface area contributed by atoms with Crippen molar-refractivity contribution in [2.45, 2.75) is 6.42 Å². The lowest BCUT2D eigenvalue weighted by atomic mass is 10.1. The van der Waals surface area contributed by atoms with Crippen LogP contribution in [0.5, 0.6) is 0 Å². The smallest absolute Gasteiger partial charge is 0.328 e. The molecule has 6 nitrogen and oxygen atoms in total. The number of ether oxygens (including phenoxy) is 1. The summed E-state index contributed by atoms with van der Waals surface area (Å²) in [4.78, 5) is 28.1. The molecule has 0 aromatic carbocycles. The highest BCUT2D eigenvalue weighted by Gasteiger charge is 2.11. The maximum atomic E-state index is 12.1. The first-order chi connectivity index (χ1) is 9.54. The number of amides is 1. The van der Waals surface area contributed by atoms with Gasteiger partial charge in [-0.05, 0) is 24.1 Å². The number of carboxylic acids is 1. The Labute approximate surface area is 117 Å². The normalized spacial score (nSPS) is 10.7. The summed E-state index contributed by atoms with van der Waals surface area (Å²) in [6, 6.07) is 1.61. The molecule has 0 atom stereocenters. The number of rotatable bonds is 7. The van der Waals surface area contributed by atoms with Gasteiger partial charge in [-0.15, -0.1) is 0 Å². The van der Waals surface area contributed by atoms with Crippen molar-refractivity contribution < 1.29 is 19.4 Å². The number of nitrogens with zero attached hydrogens (tertiary/aromatic N) is 2. The van der Waals surface area contributed by atoms with E-state index in [1.807, 2.05) is 0 Å². The third kappa shape index (κ3) is 5.19. The Kier molecular flexibility index (Phi) is 6.39. The number of methoxy groups -OCH3 is 1. The first kappa shape index (κ1) is 15.8. The zero-order valence-electron chi connectivity index (χ0n) is 11.6. The number of aliphatic carboxylic acids is 1. The van der Waals surface area contributed by atoms with Gasteiger partial charge in [0.2, 0.25) is 0 Å². The van der Waals surface area contributed by atoms with Gasteiger partial charge in [-0.3, -0.25) is 9.78 Å². The Morgan fingerprint density at radius 3 is 2.85 bits per heavy atom. The van der Waals surface area contributed by atoms with E-state index in [1.165, 1.54) is 18.5 Å². The standard InChI is InChI=1S/C14H18N2O4/c1-16(6-3-7-20-2)14(19)12-8-11(9-15-10-12)4-5-13(17)18/h4-5,8-10H,3,6-7H2,1-2H3,(H,17,18). The topological polar surface area (TPSA) is 79.7 Å². The summed E-state index contributed by atoms with van der Waals surface area (Å²) in [7, 11) is 3.32. The summed E-state index contributed by atoms with van der Waals surface area (Å²) in [5.74, 6) is -1.20. The van der Waals surface area contributed by atoms with E-state index in [2.05, 4.69) is 4.98 Å². The summed E-state index contributed by atoms with van der Waals surface area (Å²) >= 11 is 0. The van der Waals surface area contributed by atoms with Crippen molar-refractivity contribution in [3.63, 3.8) is 0 Å². The van der Waals surface area contributed by atoms with Gasteiger partial charge in [0.25, 0.3) is 5.91 Å². The number of carbonyl (C=O) groups is 2. The maximum Gasteiger partial charge on any atom is 0.328 e. The summed E-state index contributed by atoms with van der Waals surface area (Å²) < 4.78 is 4.94. The summed E-state index contributed by atoms with van der Waals surface area (Å²) in [6.07, 6.45) is 6.13.